The summed E-state index contributed by atoms with van der Waals surface area (Å²) in [6.07, 6.45) is 0.138. The Kier molecular flexibility index (Phi) is 5.20. The van der Waals surface area contributed by atoms with Crippen LogP contribution >= 0.6 is 11.6 Å². The van der Waals surface area contributed by atoms with E-state index >= 15 is 0 Å². The standard InChI is InChI=1S/C23H24ClN3O3/c1-13-14(2)25-22-16(9-10-17(24)21(13)22)15(3)27-19-8-6-5-7-18(19)26(23(27)29)12-11-20(28)30-4/h5-10,15,25H,11-12H2,1-4H3. The number of aromatic nitrogens is 3. The number of para-hydroxylation sites is 2. The van der Waals surface area contributed by atoms with Crippen molar-refractivity contribution in [1.82, 2.24) is 14.1 Å². The summed E-state index contributed by atoms with van der Waals surface area (Å²) in [5.41, 5.74) is 5.56. The summed E-state index contributed by atoms with van der Waals surface area (Å²) in [5, 5.41) is 1.68. The predicted octanol–water partition coefficient (Wildman–Crippen LogP) is 4.73. The fourth-order valence-electron chi connectivity index (χ4n) is 4.18. The number of nitrogens with zero attached hydrogens (tertiary/aromatic N) is 2. The van der Waals surface area contributed by atoms with Gasteiger partial charge < -0.3 is 9.72 Å². The molecule has 156 valence electrons. The van der Waals surface area contributed by atoms with Gasteiger partial charge in [0.05, 0.1) is 41.1 Å². The lowest BCUT2D eigenvalue weighted by molar-refractivity contribution is -0.140. The van der Waals surface area contributed by atoms with Gasteiger partial charge in [-0.1, -0.05) is 29.8 Å². The number of halogens is 1. The van der Waals surface area contributed by atoms with Crippen molar-refractivity contribution in [2.75, 3.05) is 7.11 Å². The maximum absolute atomic E-state index is 13.4. The van der Waals surface area contributed by atoms with E-state index in [2.05, 4.69) is 4.98 Å². The average Bonchev–Trinajstić information content (AvgIpc) is 3.19. The highest BCUT2D eigenvalue weighted by Crippen LogP contribution is 2.35. The smallest absolute Gasteiger partial charge is 0.329 e. The first-order valence-corrected chi connectivity index (χ1v) is 10.3. The minimum atomic E-state index is -0.344. The molecule has 0 radical (unpaired) electrons. The molecule has 4 rings (SSSR count). The van der Waals surface area contributed by atoms with Crippen LogP contribution in [0, 0.1) is 13.8 Å². The number of carbonyl (C=O) groups excluding carboxylic acids is 1. The summed E-state index contributed by atoms with van der Waals surface area (Å²) in [7, 11) is 1.35. The van der Waals surface area contributed by atoms with E-state index in [1.54, 1.807) is 9.13 Å². The molecule has 1 N–H and O–H groups in total. The highest BCUT2D eigenvalue weighted by molar-refractivity contribution is 6.35. The molecule has 1 unspecified atom stereocenters. The van der Waals surface area contributed by atoms with Gasteiger partial charge in [0.2, 0.25) is 0 Å². The molecule has 2 aromatic carbocycles. The molecule has 0 aliphatic carbocycles. The summed E-state index contributed by atoms with van der Waals surface area (Å²) in [5.74, 6) is -0.344. The Bertz CT molecular complexity index is 1330. The van der Waals surface area contributed by atoms with Gasteiger partial charge in [0.15, 0.2) is 0 Å². The van der Waals surface area contributed by atoms with Gasteiger partial charge in [-0.2, -0.15) is 0 Å². The van der Waals surface area contributed by atoms with Crippen LogP contribution in [0.4, 0.5) is 0 Å². The number of H-pyrrole nitrogens is 1. The van der Waals surface area contributed by atoms with Gasteiger partial charge in [-0.15, -0.1) is 0 Å². The van der Waals surface area contributed by atoms with E-state index in [4.69, 9.17) is 16.3 Å². The summed E-state index contributed by atoms with van der Waals surface area (Å²) in [6.45, 7) is 6.33. The van der Waals surface area contributed by atoms with Crippen LogP contribution in [0.1, 0.15) is 36.2 Å². The molecule has 6 nitrogen and oxygen atoms in total. The molecule has 2 aromatic heterocycles. The Hall–Kier alpha value is -2.99. The number of fused-ring (bicyclic) bond motifs is 2. The largest absolute Gasteiger partial charge is 0.469 e. The molecule has 0 saturated carbocycles. The monoisotopic (exact) mass is 425 g/mol. The van der Waals surface area contributed by atoms with Gasteiger partial charge in [-0.05, 0) is 50.1 Å². The number of rotatable bonds is 5. The predicted molar refractivity (Wildman–Crippen MR) is 119 cm³/mol. The first-order chi connectivity index (χ1) is 14.3. The molecule has 0 fully saturated rings. The zero-order valence-corrected chi connectivity index (χ0v) is 18.2. The van der Waals surface area contributed by atoms with E-state index in [0.717, 1.165) is 38.8 Å². The second kappa shape index (κ2) is 7.69. The fraction of sp³-hybridized carbons (Fsp3) is 0.304. The summed E-state index contributed by atoms with van der Waals surface area (Å²) in [4.78, 5) is 28.5. The van der Waals surface area contributed by atoms with Crippen LogP contribution < -0.4 is 5.69 Å². The zero-order valence-electron chi connectivity index (χ0n) is 17.5. The number of carbonyl (C=O) groups is 1. The number of methoxy groups -OCH3 is 1. The quantitative estimate of drug-likeness (QED) is 0.470. The number of nitrogens with one attached hydrogen (secondary N) is 1. The van der Waals surface area contributed by atoms with E-state index in [9.17, 15) is 9.59 Å². The lowest BCUT2D eigenvalue weighted by Gasteiger charge is -2.16. The van der Waals surface area contributed by atoms with Gasteiger partial charge in [0, 0.05) is 17.6 Å². The first-order valence-electron chi connectivity index (χ1n) is 9.89. The van der Waals surface area contributed by atoms with Crippen LogP contribution in [0.25, 0.3) is 21.9 Å². The van der Waals surface area contributed by atoms with Crippen molar-refractivity contribution < 1.29 is 9.53 Å². The van der Waals surface area contributed by atoms with Crippen molar-refractivity contribution in [3.05, 3.63) is 68.7 Å². The number of esters is 1. The molecule has 7 heteroatoms. The minimum absolute atomic E-state index is 0.138. The number of hydrogen-bond acceptors (Lipinski definition) is 3. The number of ether oxygens (including phenoxy) is 1. The highest BCUT2D eigenvalue weighted by Gasteiger charge is 2.22. The Morgan fingerprint density at radius 2 is 1.87 bits per heavy atom. The molecular formula is C23H24ClN3O3. The summed E-state index contributed by atoms with van der Waals surface area (Å²) in [6, 6.07) is 11.3. The third-order valence-corrected chi connectivity index (χ3v) is 6.23. The van der Waals surface area contributed by atoms with Crippen molar-refractivity contribution >= 4 is 39.5 Å². The maximum Gasteiger partial charge on any atom is 0.329 e. The van der Waals surface area contributed by atoms with E-state index < -0.39 is 0 Å². The number of benzene rings is 2. The van der Waals surface area contributed by atoms with Crippen molar-refractivity contribution in [1.29, 1.82) is 0 Å². The normalized spacial score (nSPS) is 12.6. The fourth-order valence-corrected chi connectivity index (χ4v) is 4.48. The van der Waals surface area contributed by atoms with Crippen LogP contribution in [-0.4, -0.2) is 27.2 Å². The third-order valence-electron chi connectivity index (χ3n) is 5.91. The van der Waals surface area contributed by atoms with Crippen molar-refractivity contribution in [3.63, 3.8) is 0 Å². The molecule has 30 heavy (non-hydrogen) atoms. The van der Waals surface area contributed by atoms with Crippen molar-refractivity contribution in [2.45, 2.75) is 39.8 Å². The molecule has 0 aliphatic rings. The van der Waals surface area contributed by atoms with Gasteiger partial charge >= 0.3 is 11.7 Å². The number of hydrogen-bond donors (Lipinski definition) is 1. The van der Waals surface area contributed by atoms with Crippen molar-refractivity contribution in [3.8, 4) is 0 Å². The molecular weight excluding hydrogens is 402 g/mol. The second-order valence-electron chi connectivity index (χ2n) is 7.56. The molecule has 1 atom stereocenters. The van der Waals surface area contributed by atoms with Crippen LogP contribution in [-0.2, 0) is 16.1 Å². The molecule has 2 heterocycles. The number of aryl methyl sites for hydroxylation is 3. The van der Waals surface area contributed by atoms with E-state index in [1.165, 1.54) is 7.11 Å². The highest BCUT2D eigenvalue weighted by atomic mass is 35.5. The molecule has 0 aliphatic heterocycles. The third kappa shape index (κ3) is 3.12. The van der Waals surface area contributed by atoms with Gasteiger partial charge in [-0.25, -0.2) is 4.79 Å². The van der Waals surface area contributed by atoms with Gasteiger partial charge in [-0.3, -0.25) is 13.9 Å². The van der Waals surface area contributed by atoms with E-state index in [1.807, 2.05) is 57.2 Å². The first kappa shape index (κ1) is 20.3. The topological polar surface area (TPSA) is 69.0 Å². The Labute approximate surface area is 179 Å². The SMILES string of the molecule is COC(=O)CCn1c(=O)n(C(C)c2ccc(Cl)c3c(C)c(C)[nH]c23)c2ccccc21. The van der Waals surface area contributed by atoms with Gasteiger partial charge in [0.25, 0.3) is 0 Å². The van der Waals surface area contributed by atoms with E-state index in [0.29, 0.717) is 5.02 Å². The molecule has 0 bridgehead atoms. The van der Waals surface area contributed by atoms with Crippen LogP contribution in [0.2, 0.25) is 5.02 Å². The summed E-state index contributed by atoms with van der Waals surface area (Å²) < 4.78 is 8.16. The van der Waals surface area contributed by atoms with Crippen LogP contribution in [0.15, 0.2) is 41.2 Å². The number of aromatic amines is 1. The molecule has 4 aromatic rings. The van der Waals surface area contributed by atoms with E-state index in [-0.39, 0.29) is 30.7 Å². The number of imidazole rings is 1. The Morgan fingerprint density at radius 1 is 1.17 bits per heavy atom. The molecule has 0 amide bonds. The van der Waals surface area contributed by atoms with Crippen LogP contribution in [0.3, 0.4) is 0 Å². The maximum atomic E-state index is 13.4. The minimum Gasteiger partial charge on any atom is -0.469 e. The summed E-state index contributed by atoms with van der Waals surface area (Å²) >= 11 is 6.48. The average molecular weight is 426 g/mol. The Balaban J connectivity index is 1.90. The zero-order chi connectivity index (χ0) is 21.6. The molecule has 0 spiro atoms. The van der Waals surface area contributed by atoms with Crippen molar-refractivity contribution in [2.24, 2.45) is 0 Å². The lowest BCUT2D eigenvalue weighted by Crippen LogP contribution is -2.28. The lowest BCUT2D eigenvalue weighted by atomic mass is 10.0. The van der Waals surface area contributed by atoms with Gasteiger partial charge in [0.1, 0.15) is 0 Å². The molecule has 0 saturated heterocycles. The Morgan fingerprint density at radius 3 is 2.57 bits per heavy atom. The second-order valence-corrected chi connectivity index (χ2v) is 7.96. The van der Waals surface area contributed by atoms with Crippen LogP contribution in [0.5, 0.6) is 0 Å².